The molecule has 5 nitrogen and oxygen atoms in total. The zero-order valence-electron chi connectivity index (χ0n) is 13.0. The third-order valence-corrected chi connectivity index (χ3v) is 5.72. The maximum absolute atomic E-state index is 12.7. The molecule has 0 radical (unpaired) electrons. The van der Waals surface area contributed by atoms with Gasteiger partial charge in [0.1, 0.15) is 0 Å². The van der Waals surface area contributed by atoms with Gasteiger partial charge in [0.25, 0.3) is 0 Å². The lowest BCUT2D eigenvalue weighted by atomic mass is 10.0. The van der Waals surface area contributed by atoms with Crippen LogP contribution in [0.4, 0.5) is 0 Å². The molecule has 0 bridgehead atoms. The van der Waals surface area contributed by atoms with Crippen molar-refractivity contribution in [1.82, 2.24) is 9.80 Å². The standard InChI is InChI=1S/C16H26N2O3/c1-16(2)12(13(16)15(20)21)14(19)18-9-5-6-11(10-18)17-7-3-4-8-17/h11-13H,3-10H2,1-2H3,(H,20,21)/t11?,12-,13+/m1/s1. The lowest BCUT2D eigenvalue weighted by Crippen LogP contribution is -2.49. The number of amides is 1. The molecule has 5 heteroatoms. The van der Waals surface area contributed by atoms with Gasteiger partial charge < -0.3 is 10.0 Å². The van der Waals surface area contributed by atoms with Crippen LogP contribution in [0.1, 0.15) is 39.5 Å². The van der Waals surface area contributed by atoms with Crippen molar-refractivity contribution in [2.24, 2.45) is 17.3 Å². The van der Waals surface area contributed by atoms with E-state index < -0.39 is 11.9 Å². The van der Waals surface area contributed by atoms with E-state index >= 15 is 0 Å². The second kappa shape index (κ2) is 5.27. The summed E-state index contributed by atoms with van der Waals surface area (Å²) >= 11 is 0. The van der Waals surface area contributed by atoms with E-state index in [2.05, 4.69) is 4.90 Å². The van der Waals surface area contributed by atoms with Gasteiger partial charge in [0.2, 0.25) is 5.91 Å². The van der Waals surface area contributed by atoms with Gasteiger partial charge in [0.15, 0.2) is 0 Å². The van der Waals surface area contributed by atoms with E-state index in [4.69, 9.17) is 0 Å². The minimum Gasteiger partial charge on any atom is -0.481 e. The molecule has 0 aromatic heterocycles. The van der Waals surface area contributed by atoms with Crippen molar-refractivity contribution in [2.75, 3.05) is 26.2 Å². The molecule has 1 N–H and O–H groups in total. The maximum Gasteiger partial charge on any atom is 0.307 e. The molecular weight excluding hydrogens is 268 g/mol. The van der Waals surface area contributed by atoms with Crippen LogP contribution in [0.25, 0.3) is 0 Å². The zero-order chi connectivity index (χ0) is 15.2. The molecular formula is C16H26N2O3. The number of hydrogen-bond acceptors (Lipinski definition) is 3. The predicted octanol–water partition coefficient (Wildman–Crippen LogP) is 1.43. The van der Waals surface area contributed by atoms with Crippen LogP contribution in [0.5, 0.6) is 0 Å². The Kier molecular flexibility index (Phi) is 3.72. The van der Waals surface area contributed by atoms with E-state index in [9.17, 15) is 14.7 Å². The van der Waals surface area contributed by atoms with E-state index in [1.807, 2.05) is 18.7 Å². The van der Waals surface area contributed by atoms with Crippen molar-refractivity contribution in [3.05, 3.63) is 0 Å². The van der Waals surface area contributed by atoms with Gasteiger partial charge in [0, 0.05) is 19.1 Å². The maximum atomic E-state index is 12.7. The van der Waals surface area contributed by atoms with Crippen LogP contribution in [0.2, 0.25) is 0 Å². The third-order valence-electron chi connectivity index (χ3n) is 5.72. The molecule has 1 aliphatic carbocycles. The van der Waals surface area contributed by atoms with Crippen LogP contribution >= 0.6 is 0 Å². The van der Waals surface area contributed by atoms with Crippen molar-refractivity contribution in [3.63, 3.8) is 0 Å². The average molecular weight is 294 g/mol. The van der Waals surface area contributed by atoms with Gasteiger partial charge >= 0.3 is 5.97 Å². The summed E-state index contributed by atoms with van der Waals surface area (Å²) in [6.07, 6.45) is 4.74. The monoisotopic (exact) mass is 294 g/mol. The lowest BCUT2D eigenvalue weighted by Gasteiger charge is -2.38. The minimum absolute atomic E-state index is 0.0660. The first-order valence-corrected chi connectivity index (χ1v) is 8.18. The van der Waals surface area contributed by atoms with Crippen LogP contribution in [0.15, 0.2) is 0 Å². The first-order chi connectivity index (χ1) is 9.93. The molecule has 0 aromatic rings. The Hall–Kier alpha value is -1.10. The summed E-state index contributed by atoms with van der Waals surface area (Å²) in [6, 6.07) is 0.482. The topological polar surface area (TPSA) is 60.9 Å². The number of hydrogen-bond donors (Lipinski definition) is 1. The summed E-state index contributed by atoms with van der Waals surface area (Å²) in [5, 5.41) is 9.25. The fraction of sp³-hybridized carbons (Fsp3) is 0.875. The molecule has 21 heavy (non-hydrogen) atoms. The number of piperidine rings is 1. The number of rotatable bonds is 3. The molecule has 2 heterocycles. The number of carbonyl (C=O) groups excluding carboxylic acids is 1. The van der Waals surface area contributed by atoms with Crippen molar-refractivity contribution in [2.45, 2.75) is 45.6 Å². The summed E-state index contributed by atoms with van der Waals surface area (Å²) in [5.74, 6) is -1.59. The second-order valence-corrected chi connectivity index (χ2v) is 7.44. The van der Waals surface area contributed by atoms with E-state index in [0.717, 1.165) is 32.6 Å². The predicted molar refractivity (Wildman–Crippen MR) is 78.8 cm³/mol. The van der Waals surface area contributed by atoms with Crippen LogP contribution < -0.4 is 0 Å². The fourth-order valence-electron chi connectivity index (χ4n) is 4.32. The minimum atomic E-state index is -0.827. The summed E-state index contributed by atoms with van der Waals surface area (Å²) < 4.78 is 0. The largest absolute Gasteiger partial charge is 0.481 e. The van der Waals surface area contributed by atoms with E-state index in [1.54, 1.807) is 0 Å². The van der Waals surface area contributed by atoms with Crippen molar-refractivity contribution < 1.29 is 14.7 Å². The first kappa shape index (κ1) is 14.8. The summed E-state index contributed by atoms with van der Waals surface area (Å²) in [5.41, 5.74) is -0.385. The Labute approximate surface area is 126 Å². The molecule has 0 spiro atoms. The fourth-order valence-corrected chi connectivity index (χ4v) is 4.32. The van der Waals surface area contributed by atoms with Gasteiger partial charge in [-0.25, -0.2) is 0 Å². The van der Waals surface area contributed by atoms with Gasteiger partial charge in [-0.15, -0.1) is 0 Å². The number of nitrogens with zero attached hydrogens (tertiary/aromatic N) is 2. The molecule has 1 unspecified atom stereocenters. The summed E-state index contributed by atoms with van der Waals surface area (Å²) in [4.78, 5) is 28.4. The highest BCUT2D eigenvalue weighted by atomic mass is 16.4. The number of carboxylic acid groups (broad SMARTS) is 1. The highest BCUT2D eigenvalue weighted by Gasteiger charge is 2.66. The second-order valence-electron chi connectivity index (χ2n) is 7.44. The van der Waals surface area contributed by atoms with Gasteiger partial charge in [0.05, 0.1) is 11.8 Å². The van der Waals surface area contributed by atoms with Crippen molar-refractivity contribution in [3.8, 4) is 0 Å². The highest BCUT2D eigenvalue weighted by molar-refractivity contribution is 5.91. The highest BCUT2D eigenvalue weighted by Crippen LogP contribution is 2.59. The number of carbonyl (C=O) groups is 2. The average Bonchev–Trinajstić information content (AvgIpc) is 2.81. The molecule has 0 aromatic carbocycles. The van der Waals surface area contributed by atoms with Crippen LogP contribution in [-0.2, 0) is 9.59 Å². The van der Waals surface area contributed by atoms with Gasteiger partial charge in [-0.3, -0.25) is 14.5 Å². The Morgan fingerprint density at radius 3 is 2.29 bits per heavy atom. The van der Waals surface area contributed by atoms with E-state index in [0.29, 0.717) is 6.04 Å². The number of aliphatic carboxylic acids is 1. The smallest absolute Gasteiger partial charge is 0.307 e. The third kappa shape index (κ3) is 2.56. The molecule has 2 saturated heterocycles. The molecule has 118 valence electrons. The SMILES string of the molecule is CC1(C)[C@H](C(=O)O)[C@@H]1C(=O)N1CCCC(N2CCCC2)C1. The quantitative estimate of drug-likeness (QED) is 0.855. The number of likely N-dealkylation sites (tertiary alicyclic amines) is 2. The normalized spacial score (nSPS) is 35.7. The van der Waals surface area contributed by atoms with Crippen LogP contribution in [0.3, 0.4) is 0 Å². The number of carboxylic acids is 1. The van der Waals surface area contributed by atoms with Crippen molar-refractivity contribution >= 4 is 11.9 Å². The van der Waals surface area contributed by atoms with Crippen LogP contribution in [-0.4, -0.2) is 59.0 Å². The summed E-state index contributed by atoms with van der Waals surface area (Å²) in [6.45, 7) is 7.69. The van der Waals surface area contributed by atoms with Crippen LogP contribution in [0, 0.1) is 17.3 Å². The van der Waals surface area contributed by atoms with E-state index in [-0.39, 0.29) is 17.2 Å². The Morgan fingerprint density at radius 2 is 1.71 bits per heavy atom. The lowest BCUT2D eigenvalue weighted by molar-refractivity contribution is -0.142. The molecule has 3 fully saturated rings. The molecule has 1 amide bonds. The van der Waals surface area contributed by atoms with Crippen molar-refractivity contribution in [1.29, 1.82) is 0 Å². The van der Waals surface area contributed by atoms with Gasteiger partial charge in [-0.2, -0.15) is 0 Å². The van der Waals surface area contributed by atoms with E-state index in [1.165, 1.54) is 19.3 Å². The Morgan fingerprint density at radius 1 is 1.05 bits per heavy atom. The molecule has 1 saturated carbocycles. The first-order valence-electron chi connectivity index (χ1n) is 8.18. The molecule has 3 rings (SSSR count). The zero-order valence-corrected chi connectivity index (χ0v) is 13.0. The van der Waals surface area contributed by atoms with Gasteiger partial charge in [-0.1, -0.05) is 13.8 Å². The summed E-state index contributed by atoms with van der Waals surface area (Å²) in [7, 11) is 0. The van der Waals surface area contributed by atoms with Gasteiger partial charge in [-0.05, 0) is 44.2 Å². The Bertz CT molecular complexity index is 443. The molecule has 2 aliphatic heterocycles. The molecule has 3 atom stereocenters. The molecule has 3 aliphatic rings. The Balaban J connectivity index is 1.64.